The molecule has 0 nitrogen and oxygen atoms in total. The van der Waals surface area contributed by atoms with Crippen molar-refractivity contribution in [1.82, 2.24) is 0 Å². The fourth-order valence-electron chi connectivity index (χ4n) is 6.25. The van der Waals surface area contributed by atoms with Crippen LogP contribution in [-0.4, -0.2) is 0 Å². The van der Waals surface area contributed by atoms with Crippen LogP contribution in [0.3, 0.4) is 0 Å². The molecule has 0 aliphatic heterocycles. The monoisotopic (exact) mass is 610 g/mol. The third-order valence-corrected chi connectivity index (χ3v) is 9.66. The van der Waals surface area contributed by atoms with Gasteiger partial charge in [0, 0.05) is 8.95 Å². The van der Waals surface area contributed by atoms with Gasteiger partial charge in [-0.1, -0.05) is 115 Å². The Morgan fingerprint density at radius 2 is 0.842 bits per heavy atom. The Morgan fingerprint density at radius 3 is 1.53 bits per heavy atom. The molecule has 38 heavy (non-hydrogen) atoms. The lowest BCUT2D eigenvalue weighted by Crippen LogP contribution is -1.89. The van der Waals surface area contributed by atoms with Gasteiger partial charge < -0.3 is 0 Å². The number of fused-ring (bicyclic) bond motifs is 10. The summed E-state index contributed by atoms with van der Waals surface area (Å²) in [6.45, 7) is 0. The molecular formula is C36H20Br2. The fourth-order valence-corrected chi connectivity index (χ4v) is 7.62. The SMILES string of the molecule is Brc1c2ccccc2c(Br)c2cc(-c3cccc4ccc5c6ccccc6c6ccccc6c5c34)ccc12. The summed E-state index contributed by atoms with van der Waals surface area (Å²) in [5.74, 6) is 0. The molecule has 0 unspecified atom stereocenters. The average Bonchev–Trinajstić information content (AvgIpc) is 2.99. The van der Waals surface area contributed by atoms with E-state index in [2.05, 4.69) is 153 Å². The van der Waals surface area contributed by atoms with Gasteiger partial charge in [-0.15, -0.1) is 0 Å². The minimum absolute atomic E-state index is 1.13. The van der Waals surface area contributed by atoms with Crippen LogP contribution >= 0.6 is 31.9 Å². The molecule has 0 saturated carbocycles. The number of benzene rings is 8. The molecule has 0 atom stereocenters. The Labute approximate surface area is 236 Å². The highest BCUT2D eigenvalue weighted by molar-refractivity contribution is 9.11. The van der Waals surface area contributed by atoms with Gasteiger partial charge in [-0.3, -0.25) is 0 Å². The van der Waals surface area contributed by atoms with Crippen molar-refractivity contribution in [3.8, 4) is 11.1 Å². The van der Waals surface area contributed by atoms with Crippen molar-refractivity contribution in [2.24, 2.45) is 0 Å². The largest absolute Gasteiger partial charge is 0.0616 e. The van der Waals surface area contributed by atoms with Gasteiger partial charge >= 0.3 is 0 Å². The molecule has 0 aliphatic carbocycles. The molecule has 0 bridgehead atoms. The average molecular weight is 612 g/mol. The lowest BCUT2D eigenvalue weighted by molar-refractivity contribution is 1.68. The zero-order valence-corrected chi connectivity index (χ0v) is 23.5. The number of halogens is 2. The van der Waals surface area contributed by atoms with E-state index < -0.39 is 0 Å². The predicted molar refractivity (Wildman–Crippen MR) is 172 cm³/mol. The van der Waals surface area contributed by atoms with Crippen molar-refractivity contribution >= 4 is 96.5 Å². The zero-order valence-electron chi connectivity index (χ0n) is 20.3. The van der Waals surface area contributed by atoms with E-state index in [1.54, 1.807) is 0 Å². The van der Waals surface area contributed by atoms with E-state index in [1.807, 2.05) is 0 Å². The van der Waals surface area contributed by atoms with Crippen molar-refractivity contribution in [2.45, 2.75) is 0 Å². The summed E-state index contributed by atoms with van der Waals surface area (Å²) >= 11 is 7.85. The zero-order chi connectivity index (χ0) is 25.4. The third-order valence-electron chi connectivity index (χ3n) is 7.95. The molecule has 0 amide bonds. The maximum Gasteiger partial charge on any atom is 0.0333 e. The first kappa shape index (κ1) is 22.3. The summed E-state index contributed by atoms with van der Waals surface area (Å²) in [7, 11) is 0. The molecule has 0 N–H and O–H groups in total. The van der Waals surface area contributed by atoms with Crippen LogP contribution in [0.25, 0.3) is 75.8 Å². The molecule has 8 rings (SSSR count). The molecular weight excluding hydrogens is 592 g/mol. The van der Waals surface area contributed by atoms with Crippen LogP contribution in [0.5, 0.6) is 0 Å². The third kappa shape index (κ3) is 3.08. The molecule has 0 fully saturated rings. The second-order valence-corrected chi connectivity index (χ2v) is 11.5. The number of hydrogen-bond acceptors (Lipinski definition) is 0. The van der Waals surface area contributed by atoms with E-state index in [0.29, 0.717) is 0 Å². The number of hydrogen-bond donors (Lipinski definition) is 0. The second kappa shape index (κ2) is 8.39. The highest BCUT2D eigenvalue weighted by atomic mass is 79.9. The van der Waals surface area contributed by atoms with Crippen molar-refractivity contribution in [3.63, 3.8) is 0 Å². The van der Waals surface area contributed by atoms with Gasteiger partial charge in [0.1, 0.15) is 0 Å². The first-order valence-electron chi connectivity index (χ1n) is 12.8. The first-order chi connectivity index (χ1) is 18.7. The molecule has 0 aliphatic rings. The van der Waals surface area contributed by atoms with Crippen molar-refractivity contribution in [2.75, 3.05) is 0 Å². The van der Waals surface area contributed by atoms with Gasteiger partial charge in [-0.25, -0.2) is 0 Å². The summed E-state index contributed by atoms with van der Waals surface area (Å²) in [6.07, 6.45) is 0. The quantitative estimate of drug-likeness (QED) is 0.128. The Kier molecular flexibility index (Phi) is 4.92. The van der Waals surface area contributed by atoms with E-state index >= 15 is 0 Å². The molecule has 8 aromatic rings. The van der Waals surface area contributed by atoms with Gasteiger partial charge in [-0.2, -0.15) is 0 Å². The molecule has 0 heterocycles. The Hall–Kier alpha value is -3.72. The van der Waals surface area contributed by atoms with E-state index in [1.165, 1.54) is 75.8 Å². The number of rotatable bonds is 1. The topological polar surface area (TPSA) is 0 Å². The highest BCUT2D eigenvalue weighted by Gasteiger charge is 2.16. The van der Waals surface area contributed by atoms with Crippen LogP contribution in [-0.2, 0) is 0 Å². The van der Waals surface area contributed by atoms with Gasteiger partial charge in [-0.05, 0) is 114 Å². The molecule has 178 valence electrons. The van der Waals surface area contributed by atoms with Gasteiger partial charge in [0.05, 0.1) is 0 Å². The molecule has 0 radical (unpaired) electrons. The van der Waals surface area contributed by atoms with Crippen molar-refractivity contribution in [3.05, 3.63) is 130 Å². The van der Waals surface area contributed by atoms with Gasteiger partial charge in [0.15, 0.2) is 0 Å². The lowest BCUT2D eigenvalue weighted by Gasteiger charge is -2.16. The molecule has 0 aromatic heterocycles. The minimum atomic E-state index is 1.13. The van der Waals surface area contributed by atoms with Crippen molar-refractivity contribution in [1.29, 1.82) is 0 Å². The second-order valence-electron chi connectivity index (χ2n) is 9.92. The summed E-state index contributed by atoms with van der Waals surface area (Å²) < 4.78 is 2.27. The maximum atomic E-state index is 3.95. The van der Waals surface area contributed by atoms with Gasteiger partial charge in [0.25, 0.3) is 0 Å². The summed E-state index contributed by atoms with van der Waals surface area (Å²) in [6, 6.07) is 44.3. The van der Waals surface area contributed by atoms with E-state index in [9.17, 15) is 0 Å². The maximum absolute atomic E-state index is 3.95. The van der Waals surface area contributed by atoms with E-state index in [-0.39, 0.29) is 0 Å². The van der Waals surface area contributed by atoms with Crippen molar-refractivity contribution < 1.29 is 0 Å². The van der Waals surface area contributed by atoms with E-state index in [0.717, 1.165) is 8.95 Å². The first-order valence-corrected chi connectivity index (χ1v) is 14.3. The van der Waals surface area contributed by atoms with Crippen LogP contribution in [0.1, 0.15) is 0 Å². The van der Waals surface area contributed by atoms with Crippen LogP contribution in [0.4, 0.5) is 0 Å². The Bertz CT molecular complexity index is 2220. The van der Waals surface area contributed by atoms with E-state index in [4.69, 9.17) is 0 Å². The Balaban J connectivity index is 1.54. The lowest BCUT2D eigenvalue weighted by atomic mass is 9.87. The molecule has 8 aromatic carbocycles. The fraction of sp³-hybridized carbons (Fsp3) is 0. The highest BCUT2D eigenvalue weighted by Crippen LogP contribution is 2.44. The van der Waals surface area contributed by atoms with Crippen LogP contribution in [0, 0.1) is 0 Å². The van der Waals surface area contributed by atoms with Gasteiger partial charge in [0.2, 0.25) is 0 Å². The summed E-state index contributed by atoms with van der Waals surface area (Å²) in [5, 5.41) is 15.2. The summed E-state index contributed by atoms with van der Waals surface area (Å²) in [5.41, 5.74) is 2.47. The standard InChI is InChI=1S/C36H20Br2/c37-35-29-13-5-6-14-30(29)36(38)32-20-22(17-19-31(32)35)23-15-7-8-21-16-18-28-26-11-2-1-9-24(26)25-10-3-4-12-27(25)34(28)33(21)23/h1-20H. The van der Waals surface area contributed by atoms with Crippen LogP contribution < -0.4 is 0 Å². The van der Waals surface area contributed by atoms with Crippen LogP contribution in [0.15, 0.2) is 130 Å². The summed E-state index contributed by atoms with van der Waals surface area (Å²) in [4.78, 5) is 0. The minimum Gasteiger partial charge on any atom is -0.0616 e. The van der Waals surface area contributed by atoms with Crippen LogP contribution in [0.2, 0.25) is 0 Å². The molecule has 2 heteroatoms. The molecule has 0 spiro atoms. The normalized spacial score (nSPS) is 11.9. The Morgan fingerprint density at radius 1 is 0.342 bits per heavy atom. The predicted octanol–water partition coefficient (Wildman–Crippen LogP) is 11.8. The smallest absolute Gasteiger partial charge is 0.0333 e. The molecule has 0 saturated heterocycles.